The van der Waals surface area contributed by atoms with Crippen molar-refractivity contribution in [2.24, 2.45) is 5.92 Å². The van der Waals surface area contributed by atoms with Crippen LogP contribution in [0.2, 0.25) is 5.02 Å². The van der Waals surface area contributed by atoms with E-state index in [2.05, 4.69) is 21.2 Å². The summed E-state index contributed by atoms with van der Waals surface area (Å²) in [4.78, 5) is 27.9. The molecule has 2 amide bonds. The van der Waals surface area contributed by atoms with Crippen molar-refractivity contribution in [3.63, 3.8) is 0 Å². The van der Waals surface area contributed by atoms with Crippen LogP contribution in [0.15, 0.2) is 82.2 Å². The fourth-order valence-corrected chi connectivity index (χ4v) is 5.87. The lowest BCUT2D eigenvalue weighted by atomic mass is 10.1. The van der Waals surface area contributed by atoms with Gasteiger partial charge in [-0.2, -0.15) is 13.2 Å². The summed E-state index contributed by atoms with van der Waals surface area (Å²) in [5, 5.41) is 2.15. The van der Waals surface area contributed by atoms with Gasteiger partial charge in [0.15, 0.2) is 0 Å². The summed E-state index contributed by atoms with van der Waals surface area (Å²) < 4.78 is 70.1. The Bertz CT molecular complexity index is 1500. The molecule has 42 heavy (non-hydrogen) atoms. The molecule has 0 saturated carbocycles. The standard InChI is InChI=1S/C29H30BrClF3N3O4S/c1-19(2)16-35-28(39)20(3)36(17-21-9-11-22(30)12-10-21)27(38)18-37(42(40,41)24-7-5-4-6-8-24)23-13-14-26(31)25(15-23)29(32,33)34/h4-15,19-20H,16-18H2,1-3H3,(H,35,39)/t20-/m0/s1. The van der Waals surface area contributed by atoms with E-state index in [9.17, 15) is 31.2 Å². The van der Waals surface area contributed by atoms with E-state index in [1.165, 1.54) is 36.1 Å². The van der Waals surface area contributed by atoms with Crippen LogP contribution in [0.5, 0.6) is 0 Å². The van der Waals surface area contributed by atoms with Gasteiger partial charge in [0.1, 0.15) is 12.6 Å². The van der Waals surface area contributed by atoms with E-state index < -0.39 is 56.9 Å². The molecule has 3 aromatic rings. The molecule has 0 aliphatic heterocycles. The molecular weight excluding hydrogens is 659 g/mol. The average Bonchev–Trinajstić information content (AvgIpc) is 2.94. The number of amides is 2. The fraction of sp³-hybridized carbons (Fsp3) is 0.310. The van der Waals surface area contributed by atoms with Gasteiger partial charge in [-0.1, -0.05) is 71.7 Å². The van der Waals surface area contributed by atoms with Crippen molar-refractivity contribution in [1.29, 1.82) is 0 Å². The van der Waals surface area contributed by atoms with Gasteiger partial charge in [0.25, 0.3) is 10.0 Å². The van der Waals surface area contributed by atoms with E-state index in [4.69, 9.17) is 11.6 Å². The summed E-state index contributed by atoms with van der Waals surface area (Å²) in [6, 6.07) is 15.6. The molecule has 226 valence electrons. The smallest absolute Gasteiger partial charge is 0.354 e. The maximum absolute atomic E-state index is 13.9. The molecule has 0 spiro atoms. The van der Waals surface area contributed by atoms with Crippen LogP contribution >= 0.6 is 27.5 Å². The second kappa shape index (κ2) is 13.9. The van der Waals surface area contributed by atoms with Gasteiger partial charge in [0.05, 0.1) is 21.2 Å². The Labute approximate surface area is 256 Å². The number of carbonyl (C=O) groups excluding carboxylic acids is 2. The summed E-state index contributed by atoms with van der Waals surface area (Å²) in [5.41, 5.74) is -1.02. The molecule has 3 rings (SSSR count). The normalized spacial score (nSPS) is 12.6. The highest BCUT2D eigenvalue weighted by molar-refractivity contribution is 9.10. The molecule has 0 aromatic heterocycles. The predicted octanol–water partition coefficient (Wildman–Crippen LogP) is 6.51. The number of hydrogen-bond acceptors (Lipinski definition) is 4. The number of halogens is 5. The largest absolute Gasteiger partial charge is 0.417 e. The number of rotatable bonds is 11. The van der Waals surface area contributed by atoms with Gasteiger partial charge in [0, 0.05) is 17.6 Å². The van der Waals surface area contributed by atoms with Crippen molar-refractivity contribution in [2.45, 2.75) is 44.4 Å². The van der Waals surface area contributed by atoms with Gasteiger partial charge in [-0.15, -0.1) is 0 Å². The van der Waals surface area contributed by atoms with Crippen molar-refractivity contribution in [1.82, 2.24) is 10.2 Å². The monoisotopic (exact) mass is 687 g/mol. The van der Waals surface area contributed by atoms with Crippen LogP contribution in [-0.2, 0) is 32.3 Å². The maximum atomic E-state index is 13.9. The third kappa shape index (κ3) is 8.48. The molecule has 13 heteroatoms. The molecule has 0 bridgehead atoms. The number of nitrogens with zero attached hydrogens (tertiary/aromatic N) is 2. The zero-order valence-electron chi connectivity index (χ0n) is 23.0. The number of hydrogen-bond donors (Lipinski definition) is 1. The maximum Gasteiger partial charge on any atom is 0.417 e. The first-order valence-electron chi connectivity index (χ1n) is 12.9. The van der Waals surface area contributed by atoms with Crippen molar-refractivity contribution in [3.05, 3.63) is 93.4 Å². The minimum atomic E-state index is -4.88. The number of benzene rings is 3. The predicted molar refractivity (Wildman–Crippen MR) is 159 cm³/mol. The Morgan fingerprint density at radius 2 is 1.60 bits per heavy atom. The Balaban J connectivity index is 2.08. The minimum absolute atomic E-state index is 0.0595. The van der Waals surface area contributed by atoms with Gasteiger partial charge in [0.2, 0.25) is 11.8 Å². The summed E-state index contributed by atoms with van der Waals surface area (Å²) in [5.74, 6) is -1.12. The van der Waals surface area contributed by atoms with E-state index in [-0.39, 0.29) is 17.4 Å². The zero-order valence-corrected chi connectivity index (χ0v) is 26.2. The van der Waals surface area contributed by atoms with Crippen LogP contribution in [0, 0.1) is 5.92 Å². The van der Waals surface area contributed by atoms with Crippen LogP contribution in [0.1, 0.15) is 31.9 Å². The lowest BCUT2D eigenvalue weighted by Gasteiger charge is -2.32. The fourth-order valence-electron chi connectivity index (χ4n) is 3.96. The first-order chi connectivity index (χ1) is 19.6. The van der Waals surface area contributed by atoms with Gasteiger partial charge in [-0.25, -0.2) is 8.42 Å². The van der Waals surface area contributed by atoms with E-state index in [1.807, 2.05) is 13.8 Å². The highest BCUT2D eigenvalue weighted by atomic mass is 79.9. The third-order valence-corrected chi connectivity index (χ3v) is 8.92. The molecule has 0 aliphatic rings. The number of carbonyl (C=O) groups is 2. The van der Waals surface area contributed by atoms with Crippen molar-refractivity contribution < 1.29 is 31.2 Å². The van der Waals surface area contributed by atoms with Gasteiger partial charge >= 0.3 is 6.18 Å². The lowest BCUT2D eigenvalue weighted by molar-refractivity contribution is -0.139. The molecule has 0 fully saturated rings. The molecule has 0 unspecified atom stereocenters. The highest BCUT2D eigenvalue weighted by Crippen LogP contribution is 2.38. The third-order valence-electron chi connectivity index (χ3n) is 6.27. The highest BCUT2D eigenvalue weighted by Gasteiger charge is 2.37. The Hall–Kier alpha value is -3.09. The molecular formula is C29H30BrClF3N3O4S. The number of sulfonamides is 1. The lowest BCUT2D eigenvalue weighted by Crippen LogP contribution is -2.51. The number of alkyl halides is 3. The number of anilines is 1. The van der Waals surface area contributed by atoms with Crippen molar-refractivity contribution in [2.75, 3.05) is 17.4 Å². The van der Waals surface area contributed by atoms with Crippen LogP contribution < -0.4 is 9.62 Å². The van der Waals surface area contributed by atoms with E-state index in [1.54, 1.807) is 30.3 Å². The Morgan fingerprint density at radius 1 is 0.976 bits per heavy atom. The molecule has 1 atom stereocenters. The zero-order chi connectivity index (χ0) is 31.2. The van der Waals surface area contributed by atoms with Crippen molar-refractivity contribution in [3.8, 4) is 0 Å². The van der Waals surface area contributed by atoms with Gasteiger partial charge < -0.3 is 10.2 Å². The Morgan fingerprint density at radius 3 is 2.17 bits per heavy atom. The molecule has 0 heterocycles. The second-order valence-electron chi connectivity index (χ2n) is 9.95. The molecule has 0 radical (unpaired) electrons. The van der Waals surface area contributed by atoms with E-state index in [0.29, 0.717) is 22.5 Å². The Kier molecular flexibility index (Phi) is 11.1. The van der Waals surface area contributed by atoms with Gasteiger partial charge in [-0.05, 0) is 60.9 Å². The molecule has 1 N–H and O–H groups in total. The van der Waals surface area contributed by atoms with Gasteiger partial charge in [-0.3, -0.25) is 13.9 Å². The molecule has 0 saturated heterocycles. The van der Waals surface area contributed by atoms with Crippen molar-refractivity contribution >= 4 is 55.1 Å². The first-order valence-corrected chi connectivity index (χ1v) is 15.5. The average molecular weight is 689 g/mol. The van der Waals surface area contributed by atoms with Crippen LogP contribution in [0.4, 0.5) is 18.9 Å². The van der Waals surface area contributed by atoms with E-state index >= 15 is 0 Å². The topological polar surface area (TPSA) is 86.8 Å². The molecule has 0 aliphatic carbocycles. The van der Waals surface area contributed by atoms with E-state index in [0.717, 1.165) is 16.6 Å². The SMILES string of the molecule is CC(C)CNC(=O)[C@H](C)N(Cc1ccc(Br)cc1)C(=O)CN(c1ccc(Cl)c(C(F)(F)F)c1)S(=O)(=O)c1ccccc1. The molecule has 3 aromatic carbocycles. The van der Waals surface area contributed by atoms with Crippen LogP contribution in [0.25, 0.3) is 0 Å². The number of nitrogens with one attached hydrogen (secondary N) is 1. The molecule has 7 nitrogen and oxygen atoms in total. The summed E-state index contributed by atoms with van der Waals surface area (Å²) in [6.07, 6.45) is -4.88. The summed E-state index contributed by atoms with van der Waals surface area (Å²) >= 11 is 9.14. The van der Waals surface area contributed by atoms with Crippen LogP contribution in [0.3, 0.4) is 0 Å². The summed E-state index contributed by atoms with van der Waals surface area (Å²) in [7, 11) is -4.54. The quantitative estimate of drug-likeness (QED) is 0.249. The van der Waals surface area contributed by atoms with Crippen LogP contribution in [-0.4, -0.2) is 44.3 Å². The summed E-state index contributed by atoms with van der Waals surface area (Å²) in [6.45, 7) is 4.73. The first kappa shape index (κ1) is 33.4. The minimum Gasteiger partial charge on any atom is -0.354 e. The second-order valence-corrected chi connectivity index (χ2v) is 13.1.